The summed E-state index contributed by atoms with van der Waals surface area (Å²) in [5, 5.41) is 9.66. The smallest absolute Gasteiger partial charge is 0.323 e. The summed E-state index contributed by atoms with van der Waals surface area (Å²) in [6.45, 7) is 8.06. The molecule has 1 N–H and O–H groups in total. The lowest BCUT2D eigenvalue weighted by Crippen LogP contribution is -2.38. The summed E-state index contributed by atoms with van der Waals surface area (Å²) in [6, 6.07) is 27.1. The number of benzene rings is 3. The first-order chi connectivity index (χ1) is 21.2. The van der Waals surface area contributed by atoms with Gasteiger partial charge in [0, 0.05) is 25.8 Å². The summed E-state index contributed by atoms with van der Waals surface area (Å²) >= 11 is 0. The number of rotatable bonds is 11. The number of carbonyl (C=O) groups is 2. The SMILES string of the molecule is CC(C)(C)c1ccc(CCc2nc(N3CCc4ccccc4C3)ncc2C(=O)N(CCCc2ccccc2)CC(=O)O)cc1. The average molecular weight is 591 g/mol. The topological polar surface area (TPSA) is 86.6 Å². The number of aliphatic carboxylic acids is 1. The van der Waals surface area contributed by atoms with Crippen LogP contribution in [0.15, 0.2) is 85.1 Å². The number of amides is 1. The van der Waals surface area contributed by atoms with Gasteiger partial charge in [-0.3, -0.25) is 9.59 Å². The van der Waals surface area contributed by atoms with Crippen LogP contribution in [0.5, 0.6) is 0 Å². The molecule has 7 heteroatoms. The van der Waals surface area contributed by atoms with Gasteiger partial charge in [0.1, 0.15) is 6.54 Å². The molecule has 2 heterocycles. The average Bonchev–Trinajstić information content (AvgIpc) is 3.02. The second-order valence-corrected chi connectivity index (χ2v) is 12.6. The summed E-state index contributed by atoms with van der Waals surface area (Å²) in [6.07, 6.45) is 5.18. The molecule has 1 aliphatic heterocycles. The second-order valence-electron chi connectivity index (χ2n) is 12.6. The maximum absolute atomic E-state index is 13.9. The molecule has 0 bridgehead atoms. The van der Waals surface area contributed by atoms with Gasteiger partial charge in [-0.2, -0.15) is 0 Å². The highest BCUT2D eigenvalue weighted by atomic mass is 16.4. The van der Waals surface area contributed by atoms with Gasteiger partial charge in [-0.05, 0) is 65.3 Å². The van der Waals surface area contributed by atoms with Crippen molar-refractivity contribution in [3.8, 4) is 0 Å². The molecule has 0 atom stereocenters. The van der Waals surface area contributed by atoms with Crippen molar-refractivity contribution >= 4 is 17.8 Å². The van der Waals surface area contributed by atoms with E-state index in [1.807, 2.05) is 30.3 Å². The predicted molar refractivity (Wildman–Crippen MR) is 174 cm³/mol. The van der Waals surface area contributed by atoms with Crippen molar-refractivity contribution in [2.24, 2.45) is 0 Å². The van der Waals surface area contributed by atoms with Crippen LogP contribution in [-0.4, -0.2) is 51.5 Å². The van der Waals surface area contributed by atoms with Crippen LogP contribution >= 0.6 is 0 Å². The number of anilines is 1. The van der Waals surface area contributed by atoms with Crippen LogP contribution in [0.1, 0.15) is 71.1 Å². The number of aryl methyl sites for hydroxylation is 3. The largest absolute Gasteiger partial charge is 0.480 e. The predicted octanol–water partition coefficient (Wildman–Crippen LogP) is 6.28. The Labute approximate surface area is 260 Å². The van der Waals surface area contributed by atoms with Crippen molar-refractivity contribution < 1.29 is 14.7 Å². The van der Waals surface area contributed by atoms with Gasteiger partial charge in [-0.1, -0.05) is 99.6 Å². The first kappa shape index (κ1) is 30.9. The van der Waals surface area contributed by atoms with Crippen molar-refractivity contribution in [2.45, 2.75) is 64.8 Å². The molecule has 0 fully saturated rings. The number of fused-ring (bicyclic) bond motifs is 1. The van der Waals surface area contributed by atoms with E-state index < -0.39 is 5.97 Å². The first-order valence-electron chi connectivity index (χ1n) is 15.5. The van der Waals surface area contributed by atoms with Crippen LogP contribution in [-0.2, 0) is 42.4 Å². The fourth-order valence-electron chi connectivity index (χ4n) is 5.73. The zero-order valence-electron chi connectivity index (χ0n) is 26.0. The highest BCUT2D eigenvalue weighted by molar-refractivity contribution is 5.96. The molecular formula is C37H42N4O3. The summed E-state index contributed by atoms with van der Waals surface area (Å²) < 4.78 is 0. The van der Waals surface area contributed by atoms with E-state index in [0.717, 1.165) is 30.5 Å². The molecular weight excluding hydrogens is 548 g/mol. The van der Waals surface area contributed by atoms with Gasteiger partial charge in [-0.15, -0.1) is 0 Å². The van der Waals surface area contributed by atoms with Crippen LogP contribution < -0.4 is 4.90 Å². The highest BCUT2D eigenvalue weighted by Gasteiger charge is 2.25. The molecule has 0 unspecified atom stereocenters. The first-order valence-corrected chi connectivity index (χ1v) is 15.5. The Bertz CT molecular complexity index is 1580. The van der Waals surface area contributed by atoms with E-state index in [1.165, 1.54) is 21.6 Å². The Balaban J connectivity index is 1.39. The Kier molecular flexibility index (Phi) is 9.73. The molecule has 5 rings (SSSR count). The van der Waals surface area contributed by atoms with Crippen molar-refractivity contribution in [1.29, 1.82) is 0 Å². The minimum atomic E-state index is -1.04. The van der Waals surface area contributed by atoms with Gasteiger partial charge in [0.2, 0.25) is 5.95 Å². The van der Waals surface area contributed by atoms with Crippen LogP contribution in [0.2, 0.25) is 0 Å². The summed E-state index contributed by atoms with van der Waals surface area (Å²) in [5.74, 6) is -0.778. The molecule has 0 spiro atoms. The Morgan fingerprint density at radius 2 is 1.55 bits per heavy atom. The van der Waals surface area contributed by atoms with E-state index in [2.05, 4.69) is 79.2 Å². The number of hydrogen-bond donors (Lipinski definition) is 1. The van der Waals surface area contributed by atoms with E-state index >= 15 is 0 Å². The van der Waals surface area contributed by atoms with Gasteiger partial charge in [-0.25, -0.2) is 9.97 Å². The number of carboxylic acid groups (broad SMARTS) is 1. The zero-order valence-corrected chi connectivity index (χ0v) is 26.0. The molecule has 1 aliphatic rings. The Morgan fingerprint density at radius 3 is 2.25 bits per heavy atom. The number of hydrogen-bond acceptors (Lipinski definition) is 5. The van der Waals surface area contributed by atoms with Crippen LogP contribution in [0.3, 0.4) is 0 Å². The lowest BCUT2D eigenvalue weighted by Gasteiger charge is -2.29. The maximum atomic E-state index is 13.9. The molecule has 7 nitrogen and oxygen atoms in total. The monoisotopic (exact) mass is 590 g/mol. The van der Waals surface area contributed by atoms with Crippen molar-refractivity contribution in [3.63, 3.8) is 0 Å². The summed E-state index contributed by atoms with van der Waals surface area (Å²) in [5.41, 5.74) is 7.28. The van der Waals surface area contributed by atoms with E-state index in [4.69, 9.17) is 4.98 Å². The van der Waals surface area contributed by atoms with E-state index in [-0.39, 0.29) is 17.9 Å². The van der Waals surface area contributed by atoms with Gasteiger partial charge < -0.3 is 14.9 Å². The molecule has 3 aromatic carbocycles. The molecule has 0 radical (unpaired) electrons. The molecule has 0 aliphatic carbocycles. The maximum Gasteiger partial charge on any atom is 0.323 e. The van der Waals surface area contributed by atoms with Crippen molar-refractivity contribution in [3.05, 3.63) is 124 Å². The molecule has 0 saturated carbocycles. The third-order valence-electron chi connectivity index (χ3n) is 8.32. The number of carbonyl (C=O) groups excluding carboxylic acids is 1. The van der Waals surface area contributed by atoms with Crippen LogP contribution in [0.25, 0.3) is 0 Å². The van der Waals surface area contributed by atoms with Crippen LogP contribution in [0.4, 0.5) is 5.95 Å². The molecule has 1 amide bonds. The molecule has 4 aromatic rings. The van der Waals surface area contributed by atoms with Gasteiger partial charge in [0.25, 0.3) is 5.91 Å². The second kappa shape index (κ2) is 13.8. The Morgan fingerprint density at radius 1 is 0.864 bits per heavy atom. The molecule has 1 aromatic heterocycles. The fraction of sp³-hybridized carbons (Fsp3) is 0.351. The highest BCUT2D eigenvalue weighted by Crippen LogP contribution is 2.25. The minimum Gasteiger partial charge on any atom is -0.480 e. The van der Waals surface area contributed by atoms with E-state index in [0.29, 0.717) is 49.6 Å². The molecule has 44 heavy (non-hydrogen) atoms. The molecule has 0 saturated heterocycles. The normalized spacial score (nSPS) is 12.9. The summed E-state index contributed by atoms with van der Waals surface area (Å²) in [7, 11) is 0. The fourth-order valence-corrected chi connectivity index (χ4v) is 5.73. The third kappa shape index (κ3) is 7.90. The number of aromatic nitrogens is 2. The number of carboxylic acids is 1. The van der Waals surface area contributed by atoms with E-state index in [1.54, 1.807) is 6.20 Å². The van der Waals surface area contributed by atoms with Crippen LogP contribution in [0, 0.1) is 0 Å². The quantitative estimate of drug-likeness (QED) is 0.221. The lowest BCUT2D eigenvalue weighted by molar-refractivity contribution is -0.137. The zero-order chi connectivity index (χ0) is 31.1. The van der Waals surface area contributed by atoms with Gasteiger partial charge >= 0.3 is 5.97 Å². The molecule has 228 valence electrons. The summed E-state index contributed by atoms with van der Waals surface area (Å²) in [4.78, 5) is 38.9. The third-order valence-corrected chi connectivity index (χ3v) is 8.32. The van der Waals surface area contributed by atoms with Crippen molar-refractivity contribution in [2.75, 3.05) is 24.5 Å². The number of nitrogens with zero attached hydrogens (tertiary/aromatic N) is 4. The van der Waals surface area contributed by atoms with Gasteiger partial charge in [0.05, 0.1) is 11.3 Å². The standard InChI is InChI=1S/C37H42N4O3/c1-37(2,3)31-18-15-28(16-19-31)17-20-33-32(24-38-36(39-33)41-23-21-29-13-7-8-14-30(29)25-41)35(44)40(26-34(42)43)22-9-12-27-10-5-4-6-11-27/h4-8,10-11,13-16,18-19,24H,9,12,17,20-23,25-26H2,1-3H3,(H,42,43). The van der Waals surface area contributed by atoms with Gasteiger partial charge in [0.15, 0.2) is 0 Å². The minimum absolute atomic E-state index is 0.0703. The van der Waals surface area contributed by atoms with Crippen molar-refractivity contribution in [1.82, 2.24) is 14.9 Å². The Hall–Kier alpha value is -4.52. The lowest BCUT2D eigenvalue weighted by atomic mass is 9.86. The van der Waals surface area contributed by atoms with E-state index in [9.17, 15) is 14.7 Å².